The van der Waals surface area contributed by atoms with Gasteiger partial charge in [0, 0.05) is 6.54 Å². The maximum atomic E-state index is 9.25. The zero-order valence-electron chi connectivity index (χ0n) is 9.77. The maximum absolute atomic E-state index is 9.25. The molecule has 0 aliphatic carbocycles. The number of nitrogens with zero attached hydrogens (tertiary/aromatic N) is 2. The van der Waals surface area contributed by atoms with E-state index in [-0.39, 0.29) is 6.61 Å². The fourth-order valence-electron chi connectivity index (χ4n) is 1.90. The molecule has 1 aromatic rings. The molecule has 2 heterocycles. The minimum atomic E-state index is 0.0968. The first-order chi connectivity index (χ1) is 7.76. The van der Waals surface area contributed by atoms with Crippen LogP contribution in [0.5, 0.6) is 0 Å². The van der Waals surface area contributed by atoms with Crippen molar-refractivity contribution in [1.29, 1.82) is 0 Å². The second-order valence-electron chi connectivity index (χ2n) is 4.00. The van der Waals surface area contributed by atoms with E-state index in [1.807, 2.05) is 0 Å². The monoisotopic (exact) mass is 242 g/mol. The van der Waals surface area contributed by atoms with E-state index in [0.29, 0.717) is 6.04 Å². The molecule has 0 aromatic carbocycles. The second kappa shape index (κ2) is 5.12. The second-order valence-corrected chi connectivity index (χ2v) is 5.06. The molecule has 0 bridgehead atoms. The lowest BCUT2D eigenvalue weighted by molar-refractivity contribution is 0.0989. The summed E-state index contributed by atoms with van der Waals surface area (Å²) in [6, 6.07) is 0.371. The maximum Gasteiger partial charge on any atom is 0.186 e. The highest BCUT2D eigenvalue weighted by atomic mass is 32.1. The van der Waals surface area contributed by atoms with E-state index >= 15 is 0 Å². The summed E-state index contributed by atoms with van der Waals surface area (Å²) in [4.78, 5) is 7.87. The van der Waals surface area contributed by atoms with Crippen LogP contribution in [0.25, 0.3) is 0 Å². The van der Waals surface area contributed by atoms with E-state index in [9.17, 15) is 5.11 Å². The van der Waals surface area contributed by atoms with Gasteiger partial charge < -0.3 is 14.7 Å². The Bertz CT molecular complexity index is 332. The molecular weight excluding hydrogens is 224 g/mol. The van der Waals surface area contributed by atoms with Crippen molar-refractivity contribution >= 4 is 16.5 Å². The highest BCUT2D eigenvalue weighted by Crippen LogP contribution is 2.29. The van der Waals surface area contributed by atoms with Crippen LogP contribution in [0, 0.1) is 0 Å². The van der Waals surface area contributed by atoms with Gasteiger partial charge in [-0.3, -0.25) is 0 Å². The molecule has 0 spiro atoms. The van der Waals surface area contributed by atoms with Gasteiger partial charge >= 0.3 is 0 Å². The van der Waals surface area contributed by atoms with Crippen LogP contribution >= 0.6 is 11.3 Å². The van der Waals surface area contributed by atoms with Crippen molar-refractivity contribution in [1.82, 2.24) is 4.98 Å². The molecule has 1 atom stereocenters. The fraction of sp³-hybridized carbons (Fsp3) is 0.727. The summed E-state index contributed by atoms with van der Waals surface area (Å²) >= 11 is 1.60. The van der Waals surface area contributed by atoms with Gasteiger partial charge in [0.05, 0.1) is 36.4 Å². The van der Waals surface area contributed by atoms with Gasteiger partial charge in [-0.25, -0.2) is 4.98 Å². The minimum Gasteiger partial charge on any atom is -0.391 e. The molecule has 1 aromatic heterocycles. The predicted octanol–water partition coefficient (Wildman–Crippen LogP) is 1.42. The first kappa shape index (κ1) is 11.8. The van der Waals surface area contributed by atoms with Gasteiger partial charge in [0.15, 0.2) is 5.13 Å². The molecule has 0 saturated carbocycles. The van der Waals surface area contributed by atoms with Crippen molar-refractivity contribution in [2.24, 2.45) is 0 Å². The van der Waals surface area contributed by atoms with Crippen LogP contribution in [0.1, 0.15) is 24.4 Å². The Morgan fingerprint density at radius 2 is 2.44 bits per heavy atom. The lowest BCUT2D eigenvalue weighted by Gasteiger charge is -2.32. The number of anilines is 1. The lowest BCUT2D eigenvalue weighted by atomic mass is 10.3. The SMILES string of the molecule is CCc1nc(N2CCOCC2C)sc1CO. The van der Waals surface area contributed by atoms with Crippen LogP contribution in [0.3, 0.4) is 0 Å². The van der Waals surface area contributed by atoms with Gasteiger partial charge in [-0.15, -0.1) is 0 Å². The predicted molar refractivity (Wildman–Crippen MR) is 65.0 cm³/mol. The zero-order chi connectivity index (χ0) is 11.5. The number of aliphatic hydroxyl groups excluding tert-OH is 1. The van der Waals surface area contributed by atoms with Crippen molar-refractivity contribution in [2.75, 3.05) is 24.7 Å². The molecule has 1 aliphatic rings. The van der Waals surface area contributed by atoms with Crippen molar-refractivity contribution in [2.45, 2.75) is 32.9 Å². The fourth-order valence-corrected chi connectivity index (χ4v) is 3.04. The molecule has 1 fully saturated rings. The molecule has 16 heavy (non-hydrogen) atoms. The third-order valence-corrected chi connectivity index (χ3v) is 3.98. The first-order valence-corrected chi connectivity index (χ1v) is 6.51. The van der Waals surface area contributed by atoms with Gasteiger partial charge in [0.25, 0.3) is 0 Å². The Hall–Kier alpha value is -0.650. The number of hydrogen-bond donors (Lipinski definition) is 1. The number of aliphatic hydroxyl groups is 1. The van der Waals surface area contributed by atoms with Gasteiger partial charge in [-0.05, 0) is 13.3 Å². The Morgan fingerprint density at radius 1 is 1.62 bits per heavy atom. The number of thiazole rings is 1. The number of aromatic nitrogens is 1. The molecular formula is C11H18N2O2S. The minimum absolute atomic E-state index is 0.0968. The summed E-state index contributed by atoms with van der Waals surface area (Å²) < 4.78 is 5.41. The molecule has 2 rings (SSSR count). The first-order valence-electron chi connectivity index (χ1n) is 5.70. The smallest absolute Gasteiger partial charge is 0.186 e. The van der Waals surface area contributed by atoms with E-state index in [1.165, 1.54) is 0 Å². The Balaban J connectivity index is 2.22. The van der Waals surface area contributed by atoms with Gasteiger partial charge in [0.2, 0.25) is 0 Å². The third kappa shape index (κ3) is 2.21. The van der Waals surface area contributed by atoms with Crippen LogP contribution in [-0.2, 0) is 17.8 Å². The van der Waals surface area contributed by atoms with Crippen LogP contribution in [-0.4, -0.2) is 35.9 Å². The number of rotatable bonds is 3. The molecule has 0 radical (unpaired) electrons. The summed E-state index contributed by atoms with van der Waals surface area (Å²) in [7, 11) is 0. The standard InChI is InChI=1S/C11H18N2O2S/c1-3-9-10(6-14)16-11(12-9)13-4-5-15-7-8(13)2/h8,14H,3-7H2,1-2H3. The zero-order valence-corrected chi connectivity index (χ0v) is 10.6. The van der Waals surface area contributed by atoms with Crippen LogP contribution in [0.4, 0.5) is 5.13 Å². The summed E-state index contributed by atoms with van der Waals surface area (Å²) in [6.07, 6.45) is 0.880. The number of hydrogen-bond acceptors (Lipinski definition) is 5. The van der Waals surface area contributed by atoms with Crippen LogP contribution in [0.15, 0.2) is 0 Å². The Kier molecular flexibility index (Phi) is 3.78. The number of morpholine rings is 1. The number of aryl methyl sites for hydroxylation is 1. The highest BCUT2D eigenvalue weighted by Gasteiger charge is 2.22. The van der Waals surface area contributed by atoms with E-state index < -0.39 is 0 Å². The molecule has 0 amide bonds. The lowest BCUT2D eigenvalue weighted by Crippen LogP contribution is -2.43. The summed E-state index contributed by atoms with van der Waals surface area (Å²) in [5.41, 5.74) is 1.03. The summed E-state index contributed by atoms with van der Waals surface area (Å²) in [5.74, 6) is 0. The van der Waals surface area contributed by atoms with E-state index in [4.69, 9.17) is 4.74 Å². The summed E-state index contributed by atoms with van der Waals surface area (Å²) in [5, 5.41) is 10.3. The van der Waals surface area contributed by atoms with Crippen molar-refractivity contribution in [3.05, 3.63) is 10.6 Å². The largest absolute Gasteiger partial charge is 0.391 e. The van der Waals surface area contributed by atoms with E-state index in [2.05, 4.69) is 23.7 Å². The topological polar surface area (TPSA) is 45.6 Å². The van der Waals surface area contributed by atoms with Crippen molar-refractivity contribution in [3.63, 3.8) is 0 Å². The molecule has 1 aliphatic heterocycles. The summed E-state index contributed by atoms with van der Waals surface area (Å²) in [6.45, 7) is 6.73. The third-order valence-electron chi connectivity index (χ3n) is 2.86. The Morgan fingerprint density at radius 3 is 3.00 bits per heavy atom. The molecule has 90 valence electrons. The quantitative estimate of drug-likeness (QED) is 0.871. The normalized spacial score (nSPS) is 21.4. The highest BCUT2D eigenvalue weighted by molar-refractivity contribution is 7.15. The van der Waals surface area contributed by atoms with Gasteiger partial charge in [-0.1, -0.05) is 18.3 Å². The molecule has 1 N–H and O–H groups in total. The average molecular weight is 242 g/mol. The molecule has 4 nitrogen and oxygen atoms in total. The van der Waals surface area contributed by atoms with Crippen LogP contribution < -0.4 is 4.90 Å². The van der Waals surface area contributed by atoms with Crippen LogP contribution in [0.2, 0.25) is 0 Å². The molecule has 1 saturated heterocycles. The van der Waals surface area contributed by atoms with Gasteiger partial charge in [0.1, 0.15) is 0 Å². The average Bonchev–Trinajstić information content (AvgIpc) is 2.72. The van der Waals surface area contributed by atoms with Crippen molar-refractivity contribution < 1.29 is 9.84 Å². The van der Waals surface area contributed by atoms with Gasteiger partial charge in [-0.2, -0.15) is 0 Å². The van der Waals surface area contributed by atoms with E-state index in [0.717, 1.165) is 41.9 Å². The number of ether oxygens (including phenoxy) is 1. The van der Waals surface area contributed by atoms with Crippen molar-refractivity contribution in [3.8, 4) is 0 Å². The molecule has 5 heteroatoms. The molecule has 1 unspecified atom stereocenters. The Labute approximate surface area is 99.9 Å². The van der Waals surface area contributed by atoms with E-state index in [1.54, 1.807) is 11.3 Å².